The maximum atomic E-state index is 6.07. The molecule has 100 valence electrons. The number of hydrogen-bond acceptors (Lipinski definition) is 3. The van der Waals surface area contributed by atoms with Gasteiger partial charge in [0.15, 0.2) is 0 Å². The van der Waals surface area contributed by atoms with E-state index in [1.54, 1.807) is 0 Å². The molecule has 0 aromatic heterocycles. The summed E-state index contributed by atoms with van der Waals surface area (Å²) in [6.45, 7) is 11.1. The van der Waals surface area contributed by atoms with Crippen molar-refractivity contribution in [2.45, 2.75) is 58.6 Å². The van der Waals surface area contributed by atoms with E-state index < -0.39 is 0 Å². The second-order valence-corrected chi connectivity index (χ2v) is 4.44. The fourth-order valence-electron chi connectivity index (χ4n) is 2.62. The van der Waals surface area contributed by atoms with Gasteiger partial charge in [-0.25, -0.2) is 0 Å². The minimum absolute atomic E-state index is 0.138. The molecule has 1 unspecified atom stereocenters. The summed E-state index contributed by atoms with van der Waals surface area (Å²) in [4.78, 5) is 0. The van der Waals surface area contributed by atoms with Gasteiger partial charge in [-0.05, 0) is 32.4 Å². The molecular weight excluding hydrogens is 214 g/mol. The number of hydrogen-bond donors (Lipinski definition) is 1. The fraction of sp³-hybridized carbons (Fsp3) is 0.857. The van der Waals surface area contributed by atoms with Crippen molar-refractivity contribution in [3.05, 3.63) is 11.8 Å². The van der Waals surface area contributed by atoms with Gasteiger partial charge in [-0.2, -0.15) is 0 Å². The van der Waals surface area contributed by atoms with Crippen LogP contribution in [0.15, 0.2) is 11.8 Å². The molecule has 3 heteroatoms. The first-order chi connectivity index (χ1) is 8.24. The fourth-order valence-corrected chi connectivity index (χ4v) is 2.62. The molecule has 1 rings (SSSR count). The Balaban J connectivity index is 2.90. The van der Waals surface area contributed by atoms with Crippen LogP contribution in [0.2, 0.25) is 0 Å². The average molecular weight is 241 g/mol. The zero-order valence-corrected chi connectivity index (χ0v) is 11.7. The van der Waals surface area contributed by atoms with Gasteiger partial charge in [-0.3, -0.25) is 0 Å². The molecular formula is C14H27NO2. The minimum atomic E-state index is -0.138. The van der Waals surface area contributed by atoms with Crippen molar-refractivity contribution in [2.75, 3.05) is 19.8 Å². The van der Waals surface area contributed by atoms with E-state index in [2.05, 4.69) is 39.1 Å². The molecule has 0 radical (unpaired) electrons. The van der Waals surface area contributed by atoms with Crippen LogP contribution < -0.4 is 5.32 Å². The van der Waals surface area contributed by atoms with Crippen molar-refractivity contribution in [3.63, 3.8) is 0 Å². The van der Waals surface area contributed by atoms with Crippen LogP contribution in [0.1, 0.15) is 47.0 Å². The van der Waals surface area contributed by atoms with Crippen LogP contribution in [-0.2, 0) is 9.47 Å². The predicted molar refractivity (Wildman–Crippen MR) is 71.1 cm³/mol. The van der Waals surface area contributed by atoms with E-state index in [0.29, 0.717) is 0 Å². The molecule has 0 bridgehead atoms. The summed E-state index contributed by atoms with van der Waals surface area (Å²) in [5, 5.41) is 3.53. The van der Waals surface area contributed by atoms with Gasteiger partial charge < -0.3 is 14.8 Å². The number of ether oxygens (including phenoxy) is 2. The first-order valence-corrected chi connectivity index (χ1v) is 6.94. The quantitative estimate of drug-likeness (QED) is 0.709. The first kappa shape index (κ1) is 14.5. The van der Waals surface area contributed by atoms with Gasteiger partial charge in [-0.15, -0.1) is 0 Å². The van der Waals surface area contributed by atoms with E-state index in [-0.39, 0.29) is 11.6 Å². The molecule has 1 heterocycles. The highest BCUT2D eigenvalue weighted by molar-refractivity contribution is 5.14. The third-order valence-corrected chi connectivity index (χ3v) is 3.58. The van der Waals surface area contributed by atoms with E-state index in [1.165, 1.54) is 0 Å². The summed E-state index contributed by atoms with van der Waals surface area (Å²) >= 11 is 0. The van der Waals surface area contributed by atoms with E-state index in [4.69, 9.17) is 9.47 Å². The molecule has 1 N–H and O–H groups in total. The molecule has 0 aromatic rings. The maximum absolute atomic E-state index is 6.07. The molecule has 0 saturated carbocycles. The Morgan fingerprint density at radius 1 is 1.35 bits per heavy atom. The topological polar surface area (TPSA) is 30.5 Å². The number of likely N-dealkylation sites (N-methyl/N-ethyl adjacent to an activating group) is 1. The lowest BCUT2D eigenvalue weighted by molar-refractivity contribution is -0.0726. The molecule has 17 heavy (non-hydrogen) atoms. The Kier molecular flexibility index (Phi) is 6.00. The Bertz CT molecular complexity index is 247. The molecule has 3 nitrogen and oxygen atoms in total. The third-order valence-electron chi connectivity index (χ3n) is 3.58. The summed E-state index contributed by atoms with van der Waals surface area (Å²) in [5.41, 5.74) is -0.138. The van der Waals surface area contributed by atoms with Gasteiger partial charge >= 0.3 is 0 Å². The molecule has 0 aliphatic carbocycles. The Morgan fingerprint density at radius 2 is 2.06 bits per heavy atom. The van der Waals surface area contributed by atoms with E-state index in [9.17, 15) is 0 Å². The SMILES string of the molecule is CCNC(C1=CCCO1)C(CC)(CC)OCC. The van der Waals surface area contributed by atoms with Crippen molar-refractivity contribution >= 4 is 0 Å². The summed E-state index contributed by atoms with van der Waals surface area (Å²) in [6, 6.07) is 0.185. The molecule has 0 aromatic carbocycles. The normalized spacial score (nSPS) is 17.8. The van der Waals surface area contributed by atoms with Gasteiger partial charge in [0.25, 0.3) is 0 Å². The molecule has 0 fully saturated rings. The van der Waals surface area contributed by atoms with Gasteiger partial charge in [0, 0.05) is 13.0 Å². The second kappa shape index (κ2) is 7.02. The molecule has 1 aliphatic rings. The molecule has 0 spiro atoms. The highest BCUT2D eigenvalue weighted by Gasteiger charge is 2.39. The number of rotatable bonds is 8. The second-order valence-electron chi connectivity index (χ2n) is 4.44. The van der Waals surface area contributed by atoms with Crippen LogP contribution in [0, 0.1) is 0 Å². The van der Waals surface area contributed by atoms with E-state index in [0.717, 1.165) is 44.8 Å². The lowest BCUT2D eigenvalue weighted by Gasteiger charge is -2.40. The Labute approximate surface area is 106 Å². The maximum Gasteiger partial charge on any atom is 0.112 e. The monoisotopic (exact) mass is 241 g/mol. The van der Waals surface area contributed by atoms with Gasteiger partial charge in [0.05, 0.1) is 18.2 Å². The average Bonchev–Trinajstić information content (AvgIpc) is 2.87. The Morgan fingerprint density at radius 3 is 2.47 bits per heavy atom. The molecule has 1 aliphatic heterocycles. The molecule has 1 atom stereocenters. The van der Waals surface area contributed by atoms with Crippen LogP contribution in [0.5, 0.6) is 0 Å². The standard InChI is InChI=1S/C14H27NO2/c1-5-14(6-2,17-8-4)13(15-7-3)12-10-9-11-16-12/h10,13,15H,5-9,11H2,1-4H3. The van der Waals surface area contributed by atoms with Crippen LogP contribution in [0.4, 0.5) is 0 Å². The number of nitrogens with one attached hydrogen (secondary N) is 1. The van der Waals surface area contributed by atoms with Gasteiger partial charge in [0.2, 0.25) is 0 Å². The van der Waals surface area contributed by atoms with Gasteiger partial charge in [-0.1, -0.05) is 20.8 Å². The zero-order chi connectivity index (χ0) is 12.7. The first-order valence-electron chi connectivity index (χ1n) is 6.94. The van der Waals surface area contributed by atoms with Crippen LogP contribution >= 0.6 is 0 Å². The molecule has 0 saturated heterocycles. The smallest absolute Gasteiger partial charge is 0.112 e. The summed E-state index contributed by atoms with van der Waals surface area (Å²) < 4.78 is 11.8. The van der Waals surface area contributed by atoms with Crippen LogP contribution in [-0.4, -0.2) is 31.4 Å². The predicted octanol–water partition coefficient (Wildman–Crippen LogP) is 2.86. The zero-order valence-electron chi connectivity index (χ0n) is 11.7. The van der Waals surface area contributed by atoms with Gasteiger partial charge in [0.1, 0.15) is 5.76 Å². The highest BCUT2D eigenvalue weighted by Crippen LogP contribution is 2.31. The molecule has 0 amide bonds. The minimum Gasteiger partial charge on any atom is -0.496 e. The van der Waals surface area contributed by atoms with Crippen molar-refractivity contribution in [3.8, 4) is 0 Å². The van der Waals surface area contributed by atoms with Crippen molar-refractivity contribution in [1.29, 1.82) is 0 Å². The Hall–Kier alpha value is -0.540. The van der Waals surface area contributed by atoms with Crippen molar-refractivity contribution in [1.82, 2.24) is 5.32 Å². The largest absolute Gasteiger partial charge is 0.496 e. The summed E-state index contributed by atoms with van der Waals surface area (Å²) in [5.74, 6) is 1.07. The highest BCUT2D eigenvalue weighted by atomic mass is 16.5. The lowest BCUT2D eigenvalue weighted by atomic mass is 9.86. The third kappa shape index (κ3) is 3.23. The van der Waals surface area contributed by atoms with Crippen LogP contribution in [0.25, 0.3) is 0 Å². The summed E-state index contributed by atoms with van der Waals surface area (Å²) in [7, 11) is 0. The van der Waals surface area contributed by atoms with Crippen LogP contribution in [0.3, 0.4) is 0 Å². The van der Waals surface area contributed by atoms with Crippen molar-refractivity contribution in [2.24, 2.45) is 0 Å². The van der Waals surface area contributed by atoms with Crippen molar-refractivity contribution < 1.29 is 9.47 Å². The lowest BCUT2D eigenvalue weighted by Crippen LogP contribution is -2.53. The van der Waals surface area contributed by atoms with E-state index in [1.807, 2.05) is 0 Å². The summed E-state index contributed by atoms with van der Waals surface area (Å²) in [6.07, 6.45) is 5.21. The van der Waals surface area contributed by atoms with E-state index >= 15 is 0 Å².